The molecule has 20 heavy (non-hydrogen) atoms. The normalized spacial score (nSPS) is 20.8. The van der Waals surface area contributed by atoms with Gasteiger partial charge in [0.2, 0.25) is 10.0 Å². The summed E-state index contributed by atoms with van der Waals surface area (Å²) in [5, 5.41) is 23.2. The van der Waals surface area contributed by atoms with E-state index in [2.05, 4.69) is 5.32 Å². The van der Waals surface area contributed by atoms with Crippen LogP contribution in [0.25, 0.3) is 0 Å². The first-order valence-corrected chi connectivity index (χ1v) is 7.48. The van der Waals surface area contributed by atoms with Crippen molar-refractivity contribution in [2.75, 3.05) is 19.6 Å². The van der Waals surface area contributed by atoms with Crippen molar-refractivity contribution in [3.05, 3.63) is 28.3 Å². The zero-order valence-electron chi connectivity index (χ0n) is 10.8. The number of phenolic OH excluding ortho intramolecular Hbond substituents is 1. The van der Waals surface area contributed by atoms with Gasteiger partial charge in [-0.15, -0.1) is 0 Å². The van der Waals surface area contributed by atoms with Crippen molar-refractivity contribution in [2.24, 2.45) is 0 Å². The number of phenols is 1. The lowest BCUT2D eigenvalue weighted by Crippen LogP contribution is -2.52. The van der Waals surface area contributed by atoms with E-state index in [0.717, 1.165) is 12.1 Å². The van der Waals surface area contributed by atoms with Crippen molar-refractivity contribution in [3.63, 3.8) is 0 Å². The number of nitrogens with zero attached hydrogens (tertiary/aromatic N) is 2. The number of hydrogen-bond acceptors (Lipinski definition) is 6. The Labute approximate surface area is 116 Å². The van der Waals surface area contributed by atoms with Gasteiger partial charge in [-0.2, -0.15) is 4.31 Å². The molecule has 0 spiro atoms. The molecule has 2 rings (SSSR count). The SMILES string of the molecule is C[C@@H]1CNCCN1S(=O)(=O)c1ccc(O)c([N+](=O)[O-])c1. The number of hydrogen-bond donors (Lipinski definition) is 2. The van der Waals surface area contributed by atoms with Gasteiger partial charge in [0.05, 0.1) is 9.82 Å². The number of piperazine rings is 1. The highest BCUT2D eigenvalue weighted by Gasteiger charge is 2.32. The van der Waals surface area contributed by atoms with E-state index in [1.165, 1.54) is 10.4 Å². The number of benzene rings is 1. The Hall–Kier alpha value is -1.71. The third-order valence-corrected chi connectivity index (χ3v) is 5.20. The zero-order valence-corrected chi connectivity index (χ0v) is 11.6. The van der Waals surface area contributed by atoms with Crippen LogP contribution in [-0.4, -0.2) is 48.4 Å². The highest BCUT2D eigenvalue weighted by molar-refractivity contribution is 7.89. The molecule has 2 N–H and O–H groups in total. The molecule has 9 heteroatoms. The first-order chi connectivity index (χ1) is 9.34. The van der Waals surface area contributed by atoms with Crippen molar-refractivity contribution in [3.8, 4) is 5.75 Å². The smallest absolute Gasteiger partial charge is 0.312 e. The second-order valence-electron chi connectivity index (χ2n) is 4.58. The van der Waals surface area contributed by atoms with Crippen LogP contribution < -0.4 is 5.32 Å². The van der Waals surface area contributed by atoms with E-state index in [1.54, 1.807) is 6.92 Å². The molecule has 0 saturated carbocycles. The highest BCUT2D eigenvalue weighted by atomic mass is 32.2. The van der Waals surface area contributed by atoms with Crippen LogP contribution in [0.15, 0.2) is 23.1 Å². The van der Waals surface area contributed by atoms with Crippen LogP contribution in [0.3, 0.4) is 0 Å². The average Bonchev–Trinajstić information content (AvgIpc) is 2.38. The number of nitro benzene ring substituents is 1. The van der Waals surface area contributed by atoms with Gasteiger partial charge in [-0.3, -0.25) is 10.1 Å². The van der Waals surface area contributed by atoms with Gasteiger partial charge >= 0.3 is 5.69 Å². The van der Waals surface area contributed by atoms with Crippen molar-refractivity contribution < 1.29 is 18.4 Å². The summed E-state index contributed by atoms with van der Waals surface area (Å²) in [6.07, 6.45) is 0. The van der Waals surface area contributed by atoms with Crippen LogP contribution in [0.5, 0.6) is 5.75 Å². The molecule has 1 saturated heterocycles. The lowest BCUT2D eigenvalue weighted by Gasteiger charge is -2.32. The van der Waals surface area contributed by atoms with E-state index in [1.807, 2.05) is 0 Å². The van der Waals surface area contributed by atoms with Crippen LogP contribution in [0.4, 0.5) is 5.69 Å². The average molecular weight is 301 g/mol. The van der Waals surface area contributed by atoms with Crippen molar-refractivity contribution >= 4 is 15.7 Å². The standard InChI is InChI=1S/C11H15N3O5S/c1-8-7-12-4-5-13(8)20(18,19)9-2-3-11(15)10(6-9)14(16)17/h2-3,6,8,12,15H,4-5,7H2,1H3/t8-/m1/s1. The van der Waals surface area contributed by atoms with Crippen molar-refractivity contribution in [1.29, 1.82) is 0 Å². The van der Waals surface area contributed by atoms with Gasteiger partial charge in [0.15, 0.2) is 5.75 Å². The van der Waals surface area contributed by atoms with Crippen LogP contribution in [-0.2, 0) is 10.0 Å². The monoisotopic (exact) mass is 301 g/mol. The van der Waals surface area contributed by atoms with Gasteiger partial charge in [0, 0.05) is 31.7 Å². The first kappa shape index (κ1) is 14.7. The number of aromatic hydroxyl groups is 1. The van der Waals surface area contributed by atoms with Gasteiger partial charge in [-0.05, 0) is 19.1 Å². The van der Waals surface area contributed by atoms with E-state index in [4.69, 9.17) is 0 Å². The largest absolute Gasteiger partial charge is 0.502 e. The van der Waals surface area contributed by atoms with Gasteiger partial charge in [-0.25, -0.2) is 8.42 Å². The highest BCUT2D eigenvalue weighted by Crippen LogP contribution is 2.30. The molecule has 1 atom stereocenters. The quantitative estimate of drug-likeness (QED) is 0.612. The van der Waals surface area contributed by atoms with Crippen LogP contribution in [0.1, 0.15) is 6.92 Å². The minimum atomic E-state index is -3.81. The third-order valence-electron chi connectivity index (χ3n) is 3.19. The molecule has 0 amide bonds. The molecule has 1 heterocycles. The topological polar surface area (TPSA) is 113 Å². The summed E-state index contributed by atoms with van der Waals surface area (Å²) in [6.45, 7) is 3.12. The number of nitrogens with one attached hydrogen (secondary N) is 1. The molecular weight excluding hydrogens is 286 g/mol. The van der Waals surface area contributed by atoms with Crippen LogP contribution in [0.2, 0.25) is 0 Å². The summed E-state index contributed by atoms with van der Waals surface area (Å²) in [5.74, 6) is -0.553. The summed E-state index contributed by atoms with van der Waals surface area (Å²) in [4.78, 5) is 9.77. The summed E-state index contributed by atoms with van der Waals surface area (Å²) >= 11 is 0. The maximum Gasteiger partial charge on any atom is 0.312 e. The molecule has 110 valence electrons. The first-order valence-electron chi connectivity index (χ1n) is 6.04. The zero-order chi connectivity index (χ0) is 14.9. The Morgan fingerprint density at radius 2 is 2.20 bits per heavy atom. The van der Waals surface area contributed by atoms with Gasteiger partial charge in [-0.1, -0.05) is 0 Å². The molecule has 8 nitrogen and oxygen atoms in total. The van der Waals surface area contributed by atoms with E-state index in [-0.39, 0.29) is 10.9 Å². The summed E-state index contributed by atoms with van der Waals surface area (Å²) in [5.41, 5.74) is -0.617. The Bertz CT molecular complexity index is 631. The Kier molecular flexibility index (Phi) is 3.93. The van der Waals surface area contributed by atoms with Crippen LogP contribution in [0, 0.1) is 10.1 Å². The number of nitro groups is 1. The molecular formula is C11H15N3O5S. The molecule has 1 aliphatic rings. The van der Waals surface area contributed by atoms with Crippen molar-refractivity contribution in [1.82, 2.24) is 9.62 Å². The number of sulfonamides is 1. The fourth-order valence-electron chi connectivity index (χ4n) is 2.12. The second-order valence-corrected chi connectivity index (χ2v) is 6.47. The Balaban J connectivity index is 2.44. The second kappa shape index (κ2) is 5.35. The molecule has 1 aromatic rings. The molecule has 1 aliphatic heterocycles. The summed E-state index contributed by atoms with van der Waals surface area (Å²) < 4.78 is 26.3. The van der Waals surface area contributed by atoms with Gasteiger partial charge in [0.1, 0.15) is 0 Å². The van der Waals surface area contributed by atoms with E-state index in [9.17, 15) is 23.6 Å². The van der Waals surface area contributed by atoms with E-state index >= 15 is 0 Å². The molecule has 0 aliphatic carbocycles. The lowest BCUT2D eigenvalue weighted by atomic mass is 10.3. The molecule has 0 bridgehead atoms. The van der Waals surface area contributed by atoms with Crippen molar-refractivity contribution in [2.45, 2.75) is 17.9 Å². The van der Waals surface area contributed by atoms with Gasteiger partial charge < -0.3 is 10.4 Å². The summed E-state index contributed by atoms with van der Waals surface area (Å²) in [6, 6.07) is 2.85. The van der Waals surface area contributed by atoms with Crippen LogP contribution >= 0.6 is 0 Å². The van der Waals surface area contributed by atoms with E-state index < -0.39 is 26.4 Å². The molecule has 0 radical (unpaired) electrons. The fraction of sp³-hybridized carbons (Fsp3) is 0.455. The molecule has 0 aromatic heterocycles. The fourth-order valence-corrected chi connectivity index (χ4v) is 3.78. The maximum absolute atomic E-state index is 12.5. The lowest BCUT2D eigenvalue weighted by molar-refractivity contribution is -0.386. The molecule has 1 aromatic carbocycles. The Morgan fingerprint density at radius 1 is 1.50 bits per heavy atom. The minimum Gasteiger partial charge on any atom is -0.502 e. The molecule has 1 fully saturated rings. The minimum absolute atomic E-state index is 0.184. The molecule has 0 unspecified atom stereocenters. The third kappa shape index (κ3) is 2.60. The predicted molar refractivity (Wildman–Crippen MR) is 71.0 cm³/mol. The van der Waals surface area contributed by atoms with Gasteiger partial charge in [0.25, 0.3) is 0 Å². The summed E-state index contributed by atoms with van der Waals surface area (Å²) in [7, 11) is -3.81. The van der Waals surface area contributed by atoms with E-state index in [0.29, 0.717) is 19.6 Å². The Morgan fingerprint density at radius 3 is 2.80 bits per heavy atom. The number of rotatable bonds is 3. The predicted octanol–water partition coefficient (Wildman–Crippen LogP) is 0.283. The maximum atomic E-state index is 12.5.